The standard InChI is InChI=1S/C15H21N5/c1-11(2)14-19-8-9-20(14)15-13(17-6-7-18-15)12-4-3-5-16-10-12/h6-9,11-12,16H,3-5,10H2,1-2H3/t12-/m1/s1. The largest absolute Gasteiger partial charge is 0.316 e. The molecule has 1 aliphatic rings. The average Bonchev–Trinajstić information content (AvgIpc) is 2.98. The van der Waals surface area contributed by atoms with Crippen LogP contribution in [0.3, 0.4) is 0 Å². The van der Waals surface area contributed by atoms with Crippen LogP contribution < -0.4 is 5.32 Å². The van der Waals surface area contributed by atoms with E-state index in [4.69, 9.17) is 0 Å². The Morgan fingerprint density at radius 1 is 1.20 bits per heavy atom. The van der Waals surface area contributed by atoms with E-state index < -0.39 is 0 Å². The minimum absolute atomic E-state index is 0.365. The van der Waals surface area contributed by atoms with Gasteiger partial charge in [-0.15, -0.1) is 0 Å². The summed E-state index contributed by atoms with van der Waals surface area (Å²) in [6.07, 6.45) is 9.75. The van der Waals surface area contributed by atoms with Gasteiger partial charge in [0.2, 0.25) is 0 Å². The van der Waals surface area contributed by atoms with Crippen molar-refractivity contribution in [1.82, 2.24) is 24.8 Å². The van der Waals surface area contributed by atoms with Crippen molar-refractivity contribution in [2.75, 3.05) is 13.1 Å². The molecule has 0 aliphatic carbocycles. The molecule has 0 amide bonds. The smallest absolute Gasteiger partial charge is 0.160 e. The molecule has 0 spiro atoms. The van der Waals surface area contributed by atoms with Crippen LogP contribution in [0.1, 0.15) is 50.0 Å². The van der Waals surface area contributed by atoms with Crippen molar-refractivity contribution >= 4 is 0 Å². The van der Waals surface area contributed by atoms with Gasteiger partial charge in [0.25, 0.3) is 0 Å². The highest BCUT2D eigenvalue weighted by molar-refractivity contribution is 5.33. The molecule has 1 saturated heterocycles. The Balaban J connectivity index is 2.02. The number of nitrogens with one attached hydrogen (secondary N) is 1. The summed E-state index contributed by atoms with van der Waals surface area (Å²) >= 11 is 0. The highest BCUT2D eigenvalue weighted by Crippen LogP contribution is 2.27. The second-order valence-corrected chi connectivity index (χ2v) is 5.62. The first-order valence-electron chi connectivity index (χ1n) is 7.32. The van der Waals surface area contributed by atoms with Crippen molar-refractivity contribution in [2.45, 2.75) is 38.5 Å². The third kappa shape index (κ3) is 2.45. The van der Waals surface area contributed by atoms with Crippen molar-refractivity contribution in [3.8, 4) is 5.82 Å². The third-order valence-electron chi connectivity index (χ3n) is 3.80. The molecule has 0 saturated carbocycles. The lowest BCUT2D eigenvalue weighted by Gasteiger charge is -2.24. The number of piperidine rings is 1. The van der Waals surface area contributed by atoms with Gasteiger partial charge in [-0.25, -0.2) is 9.97 Å². The molecule has 106 valence electrons. The van der Waals surface area contributed by atoms with E-state index in [2.05, 4.69) is 38.7 Å². The summed E-state index contributed by atoms with van der Waals surface area (Å²) in [6.45, 7) is 6.39. The maximum Gasteiger partial charge on any atom is 0.160 e. The van der Waals surface area contributed by atoms with Crippen LogP contribution in [-0.4, -0.2) is 32.6 Å². The molecule has 2 aromatic rings. The molecule has 1 aliphatic heterocycles. The van der Waals surface area contributed by atoms with Crippen LogP contribution in [0.15, 0.2) is 24.8 Å². The molecule has 0 bridgehead atoms. The van der Waals surface area contributed by atoms with Crippen molar-refractivity contribution in [3.63, 3.8) is 0 Å². The molecule has 5 nitrogen and oxygen atoms in total. The summed E-state index contributed by atoms with van der Waals surface area (Å²) < 4.78 is 2.08. The number of hydrogen-bond donors (Lipinski definition) is 1. The zero-order valence-corrected chi connectivity index (χ0v) is 12.1. The fourth-order valence-electron chi connectivity index (χ4n) is 2.82. The summed E-state index contributed by atoms with van der Waals surface area (Å²) in [5, 5.41) is 3.45. The molecule has 3 rings (SSSR count). The van der Waals surface area contributed by atoms with Crippen LogP contribution in [0.25, 0.3) is 5.82 Å². The van der Waals surface area contributed by atoms with Crippen molar-refractivity contribution in [3.05, 3.63) is 36.3 Å². The van der Waals surface area contributed by atoms with Crippen LogP contribution in [0.5, 0.6) is 0 Å². The fourth-order valence-corrected chi connectivity index (χ4v) is 2.82. The molecule has 5 heteroatoms. The van der Waals surface area contributed by atoms with E-state index in [9.17, 15) is 0 Å². The monoisotopic (exact) mass is 271 g/mol. The Hall–Kier alpha value is -1.75. The quantitative estimate of drug-likeness (QED) is 0.930. The van der Waals surface area contributed by atoms with E-state index >= 15 is 0 Å². The van der Waals surface area contributed by atoms with Crippen LogP contribution >= 0.6 is 0 Å². The van der Waals surface area contributed by atoms with E-state index in [1.165, 1.54) is 12.8 Å². The van der Waals surface area contributed by atoms with Crippen molar-refractivity contribution in [1.29, 1.82) is 0 Å². The van der Waals surface area contributed by atoms with Crippen LogP contribution in [0, 0.1) is 0 Å². The van der Waals surface area contributed by atoms with Gasteiger partial charge in [-0.2, -0.15) is 0 Å². The highest BCUT2D eigenvalue weighted by atomic mass is 15.1. The number of imidazole rings is 1. The van der Waals surface area contributed by atoms with Crippen molar-refractivity contribution in [2.24, 2.45) is 0 Å². The van der Waals surface area contributed by atoms with Gasteiger partial charge >= 0.3 is 0 Å². The first-order chi connectivity index (χ1) is 9.77. The zero-order chi connectivity index (χ0) is 13.9. The van der Waals surface area contributed by atoms with E-state index in [1.807, 2.05) is 12.4 Å². The predicted molar refractivity (Wildman–Crippen MR) is 78.1 cm³/mol. The Morgan fingerprint density at radius 2 is 2.05 bits per heavy atom. The first kappa shape index (κ1) is 13.2. The van der Waals surface area contributed by atoms with Gasteiger partial charge in [-0.05, 0) is 19.4 Å². The molecule has 2 aromatic heterocycles. The lowest BCUT2D eigenvalue weighted by atomic mass is 9.95. The Labute approximate surface area is 119 Å². The lowest BCUT2D eigenvalue weighted by Crippen LogP contribution is -2.29. The van der Waals surface area contributed by atoms with Crippen LogP contribution in [0.2, 0.25) is 0 Å². The molecular weight excluding hydrogens is 250 g/mol. The van der Waals surface area contributed by atoms with E-state index in [0.29, 0.717) is 11.8 Å². The van der Waals surface area contributed by atoms with Crippen molar-refractivity contribution < 1.29 is 0 Å². The van der Waals surface area contributed by atoms with Gasteiger partial charge < -0.3 is 5.32 Å². The maximum atomic E-state index is 4.61. The van der Waals surface area contributed by atoms with Crippen LogP contribution in [-0.2, 0) is 0 Å². The van der Waals surface area contributed by atoms with Gasteiger partial charge in [0.1, 0.15) is 5.82 Å². The fraction of sp³-hybridized carbons (Fsp3) is 0.533. The molecular formula is C15H21N5. The molecule has 0 aromatic carbocycles. The molecule has 20 heavy (non-hydrogen) atoms. The van der Waals surface area contributed by atoms with Gasteiger partial charge in [-0.1, -0.05) is 13.8 Å². The second kappa shape index (κ2) is 5.71. The summed E-state index contributed by atoms with van der Waals surface area (Å²) in [4.78, 5) is 13.6. The summed E-state index contributed by atoms with van der Waals surface area (Å²) in [5.74, 6) is 2.78. The maximum absolute atomic E-state index is 4.61. The Kier molecular flexibility index (Phi) is 3.78. The van der Waals surface area contributed by atoms with E-state index in [-0.39, 0.29) is 0 Å². The zero-order valence-electron chi connectivity index (χ0n) is 12.1. The van der Waals surface area contributed by atoms with Gasteiger partial charge in [0.05, 0.1) is 5.69 Å². The molecule has 0 unspecified atom stereocenters. The Morgan fingerprint density at radius 3 is 2.80 bits per heavy atom. The molecule has 1 fully saturated rings. The molecule has 0 radical (unpaired) electrons. The summed E-state index contributed by atoms with van der Waals surface area (Å²) in [5.41, 5.74) is 1.08. The highest BCUT2D eigenvalue weighted by Gasteiger charge is 2.22. The first-order valence-corrected chi connectivity index (χ1v) is 7.32. The summed E-state index contributed by atoms with van der Waals surface area (Å²) in [7, 11) is 0. The second-order valence-electron chi connectivity index (χ2n) is 5.62. The normalized spacial score (nSPS) is 19.4. The van der Waals surface area contributed by atoms with E-state index in [1.54, 1.807) is 12.4 Å². The minimum Gasteiger partial charge on any atom is -0.316 e. The number of aromatic nitrogens is 4. The number of nitrogens with zero attached hydrogens (tertiary/aromatic N) is 4. The van der Waals surface area contributed by atoms with Crippen LogP contribution in [0.4, 0.5) is 0 Å². The molecule has 1 atom stereocenters. The van der Waals surface area contributed by atoms with Gasteiger partial charge in [-0.3, -0.25) is 9.55 Å². The lowest BCUT2D eigenvalue weighted by molar-refractivity contribution is 0.452. The van der Waals surface area contributed by atoms with E-state index in [0.717, 1.165) is 30.4 Å². The average molecular weight is 271 g/mol. The van der Waals surface area contributed by atoms with Gasteiger partial charge in [0, 0.05) is 43.2 Å². The molecule has 1 N–H and O–H groups in total. The third-order valence-corrected chi connectivity index (χ3v) is 3.80. The number of hydrogen-bond acceptors (Lipinski definition) is 4. The van der Waals surface area contributed by atoms with Gasteiger partial charge in [0.15, 0.2) is 5.82 Å². The topological polar surface area (TPSA) is 55.6 Å². The summed E-state index contributed by atoms with van der Waals surface area (Å²) in [6, 6.07) is 0. The Bertz CT molecular complexity index is 569. The minimum atomic E-state index is 0.365. The number of rotatable bonds is 3. The molecule has 3 heterocycles. The SMILES string of the molecule is CC(C)c1nccn1-c1nccnc1[C@@H]1CCCNC1. The predicted octanol–water partition coefficient (Wildman–Crippen LogP) is 2.25.